The average Bonchev–Trinajstić information content (AvgIpc) is 2.05. The van der Waals surface area contributed by atoms with Gasteiger partial charge in [0.25, 0.3) is 0 Å². The van der Waals surface area contributed by atoms with E-state index in [9.17, 15) is 4.21 Å². The molecular formula is C7H5NNaO2S. The zero-order chi connectivity index (χ0) is 8.27. The molecule has 1 aromatic rings. The minimum Gasteiger partial charge on any atom is -0.302 e. The second-order valence-corrected chi connectivity index (χ2v) is 2.86. The normalized spacial score (nSPS) is 11.0. The van der Waals surface area contributed by atoms with Gasteiger partial charge in [0.2, 0.25) is 0 Å². The Kier molecular flexibility index (Phi) is 5.38. The van der Waals surface area contributed by atoms with E-state index in [1.54, 1.807) is 12.1 Å². The monoisotopic (exact) mass is 190 g/mol. The summed E-state index contributed by atoms with van der Waals surface area (Å²) in [7, 11) is 0. The van der Waals surface area contributed by atoms with Crippen LogP contribution in [0.4, 0.5) is 0 Å². The predicted octanol–water partition coefficient (Wildman–Crippen LogP) is 0.758. The van der Waals surface area contributed by atoms with Gasteiger partial charge in [-0.15, -0.1) is 0 Å². The molecule has 1 unspecified atom stereocenters. The van der Waals surface area contributed by atoms with Crippen molar-refractivity contribution in [3.05, 3.63) is 29.8 Å². The third kappa shape index (κ3) is 3.05. The summed E-state index contributed by atoms with van der Waals surface area (Å²) < 4.78 is 19.1. The largest absolute Gasteiger partial charge is 0.302 e. The molecule has 1 rings (SSSR count). The molecule has 12 heavy (non-hydrogen) atoms. The van der Waals surface area contributed by atoms with Gasteiger partial charge in [0.1, 0.15) is 0 Å². The molecule has 0 fully saturated rings. The van der Waals surface area contributed by atoms with Crippen LogP contribution in [0.1, 0.15) is 5.56 Å². The number of hydrogen-bond donors (Lipinski definition) is 1. The molecule has 0 saturated heterocycles. The van der Waals surface area contributed by atoms with Gasteiger partial charge < -0.3 is 4.55 Å². The molecule has 3 nitrogen and oxygen atoms in total. The van der Waals surface area contributed by atoms with Crippen LogP contribution in [0.25, 0.3) is 0 Å². The number of rotatable bonds is 1. The van der Waals surface area contributed by atoms with Crippen LogP contribution in [0.15, 0.2) is 29.2 Å². The predicted molar refractivity (Wildman–Crippen MR) is 45.9 cm³/mol. The van der Waals surface area contributed by atoms with Crippen LogP contribution < -0.4 is 0 Å². The number of benzene rings is 1. The standard InChI is InChI=1S/C7H5NO2S.Na/c8-5-6-2-1-3-7(4-6)11(9)10;/h1-4H,(H,9,10);. The van der Waals surface area contributed by atoms with Gasteiger partial charge in [-0.2, -0.15) is 5.26 Å². The molecule has 5 heteroatoms. The molecule has 0 amide bonds. The van der Waals surface area contributed by atoms with Crippen LogP contribution in [0.2, 0.25) is 0 Å². The van der Waals surface area contributed by atoms with Crippen molar-refractivity contribution in [1.82, 2.24) is 0 Å². The molecule has 0 aliphatic carbocycles. The van der Waals surface area contributed by atoms with E-state index in [1.165, 1.54) is 12.1 Å². The van der Waals surface area contributed by atoms with Crippen LogP contribution in [0.5, 0.6) is 0 Å². The van der Waals surface area contributed by atoms with E-state index >= 15 is 0 Å². The van der Waals surface area contributed by atoms with Gasteiger partial charge in [0.05, 0.1) is 16.5 Å². The molecule has 0 aromatic heterocycles. The maximum atomic E-state index is 10.5. The van der Waals surface area contributed by atoms with E-state index in [2.05, 4.69) is 0 Å². The van der Waals surface area contributed by atoms with E-state index in [-0.39, 0.29) is 34.5 Å². The van der Waals surface area contributed by atoms with Crippen LogP contribution in [0.3, 0.4) is 0 Å². The second kappa shape index (κ2) is 5.46. The van der Waals surface area contributed by atoms with Gasteiger partial charge in [-0.3, -0.25) is 0 Å². The van der Waals surface area contributed by atoms with E-state index < -0.39 is 11.1 Å². The average molecular weight is 190 g/mol. The third-order valence-electron chi connectivity index (χ3n) is 1.16. The van der Waals surface area contributed by atoms with Gasteiger partial charge in [-0.05, 0) is 18.2 Å². The Hall–Kier alpha value is -0.180. The topological polar surface area (TPSA) is 61.1 Å². The van der Waals surface area contributed by atoms with Crippen LogP contribution in [-0.2, 0) is 11.1 Å². The zero-order valence-corrected chi connectivity index (χ0v) is 9.34. The molecule has 0 aliphatic heterocycles. The van der Waals surface area contributed by atoms with Gasteiger partial charge in [-0.25, -0.2) is 4.21 Å². The zero-order valence-electron chi connectivity index (χ0n) is 6.52. The summed E-state index contributed by atoms with van der Waals surface area (Å²) in [5.74, 6) is 0. The second-order valence-electron chi connectivity index (χ2n) is 1.89. The van der Waals surface area contributed by atoms with Gasteiger partial charge >= 0.3 is 0 Å². The van der Waals surface area contributed by atoms with Crippen LogP contribution in [-0.4, -0.2) is 38.3 Å². The molecule has 1 aromatic carbocycles. The van der Waals surface area contributed by atoms with Crippen LogP contribution in [0, 0.1) is 11.3 Å². The summed E-state index contributed by atoms with van der Waals surface area (Å²) in [4.78, 5) is 0.254. The molecule has 0 bridgehead atoms. The fraction of sp³-hybridized carbons (Fsp3) is 0. The number of hydrogen-bond acceptors (Lipinski definition) is 2. The summed E-state index contributed by atoms with van der Waals surface area (Å²) in [6.07, 6.45) is 0. The minimum absolute atomic E-state index is 0. The van der Waals surface area contributed by atoms with E-state index in [0.717, 1.165) is 0 Å². The molecule has 57 valence electrons. The summed E-state index contributed by atoms with van der Waals surface area (Å²) in [6.45, 7) is 0. The summed E-state index contributed by atoms with van der Waals surface area (Å²) in [5, 5.41) is 8.41. The summed E-state index contributed by atoms with van der Waals surface area (Å²) in [6, 6.07) is 7.91. The summed E-state index contributed by atoms with van der Waals surface area (Å²) in [5.41, 5.74) is 0.393. The number of nitriles is 1. The Labute approximate surface area is 95.0 Å². The van der Waals surface area contributed by atoms with Crippen molar-refractivity contribution >= 4 is 40.6 Å². The number of nitrogens with zero attached hydrogens (tertiary/aromatic N) is 1. The molecule has 1 N–H and O–H groups in total. The van der Waals surface area contributed by atoms with Crippen molar-refractivity contribution < 1.29 is 8.76 Å². The molecule has 1 radical (unpaired) electrons. The molecule has 0 saturated carbocycles. The van der Waals surface area contributed by atoms with Crippen molar-refractivity contribution in [3.63, 3.8) is 0 Å². The summed E-state index contributed by atoms with van der Waals surface area (Å²) >= 11 is -1.99. The van der Waals surface area contributed by atoms with Crippen LogP contribution >= 0.6 is 0 Å². The Morgan fingerprint density at radius 1 is 1.50 bits per heavy atom. The van der Waals surface area contributed by atoms with E-state index in [4.69, 9.17) is 9.81 Å². The Morgan fingerprint density at radius 3 is 2.67 bits per heavy atom. The van der Waals surface area contributed by atoms with Crippen molar-refractivity contribution in [2.24, 2.45) is 0 Å². The van der Waals surface area contributed by atoms with Crippen molar-refractivity contribution in [1.29, 1.82) is 5.26 Å². The quantitative estimate of drug-likeness (QED) is 0.525. The van der Waals surface area contributed by atoms with Crippen molar-refractivity contribution in [2.45, 2.75) is 4.90 Å². The Bertz CT molecular complexity index is 334. The van der Waals surface area contributed by atoms with Gasteiger partial charge in [-0.1, -0.05) is 6.07 Å². The molecule has 0 spiro atoms. The Balaban J connectivity index is 0.00000121. The SMILES string of the molecule is N#Cc1cccc(S(=O)O)c1.[Na]. The first kappa shape index (κ1) is 11.8. The molecule has 0 aliphatic rings. The smallest absolute Gasteiger partial charge is 0.186 e. The first-order valence-corrected chi connectivity index (χ1v) is 3.96. The molecule has 1 atom stereocenters. The van der Waals surface area contributed by atoms with Crippen molar-refractivity contribution in [2.75, 3.05) is 0 Å². The molecule has 0 heterocycles. The van der Waals surface area contributed by atoms with Gasteiger partial charge in [0, 0.05) is 29.6 Å². The fourth-order valence-electron chi connectivity index (χ4n) is 0.674. The maximum absolute atomic E-state index is 10.5. The van der Waals surface area contributed by atoms with E-state index in [1.807, 2.05) is 6.07 Å². The fourth-order valence-corrected chi connectivity index (χ4v) is 1.10. The first-order chi connectivity index (χ1) is 5.24. The maximum Gasteiger partial charge on any atom is 0.186 e. The van der Waals surface area contributed by atoms with Crippen molar-refractivity contribution in [3.8, 4) is 6.07 Å². The molecular weight excluding hydrogens is 185 g/mol. The first-order valence-electron chi connectivity index (χ1n) is 2.85. The van der Waals surface area contributed by atoms with E-state index in [0.29, 0.717) is 5.56 Å². The Morgan fingerprint density at radius 2 is 2.17 bits per heavy atom. The van der Waals surface area contributed by atoms with Gasteiger partial charge in [0.15, 0.2) is 11.1 Å². The minimum atomic E-state index is -1.99. The third-order valence-corrected chi connectivity index (χ3v) is 1.82.